The molecule has 0 fully saturated rings. The first-order valence-corrected chi connectivity index (χ1v) is 9.96. The number of benzene rings is 2. The normalized spacial score (nSPS) is 13.1. The van der Waals surface area contributed by atoms with Gasteiger partial charge in [0.2, 0.25) is 5.91 Å². The molecule has 0 heterocycles. The van der Waals surface area contributed by atoms with Crippen molar-refractivity contribution in [1.29, 1.82) is 0 Å². The van der Waals surface area contributed by atoms with E-state index in [9.17, 15) is 4.79 Å². The molecule has 2 atom stereocenters. The van der Waals surface area contributed by atoms with Gasteiger partial charge in [0.05, 0.1) is 19.3 Å². The van der Waals surface area contributed by atoms with Crippen LogP contribution in [0.1, 0.15) is 50.9 Å². The molecule has 1 N–H and O–H groups in total. The number of hydrogen-bond donors (Lipinski definition) is 1. The lowest BCUT2D eigenvalue weighted by Gasteiger charge is -2.28. The molecule has 5 nitrogen and oxygen atoms in total. The van der Waals surface area contributed by atoms with E-state index in [1.807, 2.05) is 88.2 Å². The van der Waals surface area contributed by atoms with Gasteiger partial charge in [0.25, 0.3) is 0 Å². The highest BCUT2D eigenvalue weighted by Crippen LogP contribution is 2.31. The molecule has 0 saturated heterocycles. The number of carbonyl (C=O) groups excluding carboxylic acids is 1. The topological polar surface area (TPSA) is 50.8 Å². The van der Waals surface area contributed by atoms with Crippen molar-refractivity contribution in [1.82, 2.24) is 10.2 Å². The van der Waals surface area contributed by atoms with Crippen LogP contribution in [-0.4, -0.2) is 37.6 Å². The second-order valence-electron chi connectivity index (χ2n) is 6.69. The molecule has 2 rings (SSSR count). The largest absolute Gasteiger partial charge is 0.490 e. The van der Waals surface area contributed by atoms with E-state index < -0.39 is 0 Å². The van der Waals surface area contributed by atoms with Crippen LogP contribution in [-0.2, 0) is 4.79 Å². The van der Waals surface area contributed by atoms with Crippen molar-refractivity contribution in [2.45, 2.75) is 39.8 Å². The van der Waals surface area contributed by atoms with E-state index in [0.717, 1.165) is 23.4 Å². The minimum absolute atomic E-state index is 0.0186. The Morgan fingerprint density at radius 1 is 0.964 bits per heavy atom. The Morgan fingerprint density at radius 3 is 2.21 bits per heavy atom. The van der Waals surface area contributed by atoms with Gasteiger partial charge in [-0.3, -0.25) is 9.69 Å². The van der Waals surface area contributed by atoms with Gasteiger partial charge in [-0.05, 0) is 57.6 Å². The number of amides is 1. The highest BCUT2D eigenvalue weighted by Gasteiger charge is 2.25. The minimum Gasteiger partial charge on any atom is -0.490 e. The fourth-order valence-electron chi connectivity index (χ4n) is 3.14. The minimum atomic E-state index is -0.331. The van der Waals surface area contributed by atoms with Crippen molar-refractivity contribution >= 4 is 5.91 Å². The van der Waals surface area contributed by atoms with Crippen LogP contribution in [0.15, 0.2) is 48.5 Å². The monoisotopic (exact) mass is 384 g/mol. The van der Waals surface area contributed by atoms with Crippen LogP contribution in [0.5, 0.6) is 11.5 Å². The van der Waals surface area contributed by atoms with Crippen molar-refractivity contribution < 1.29 is 14.3 Å². The molecule has 2 aromatic rings. The summed E-state index contributed by atoms with van der Waals surface area (Å²) in [6, 6.07) is 15.2. The summed E-state index contributed by atoms with van der Waals surface area (Å²) < 4.78 is 11.3. The summed E-state index contributed by atoms with van der Waals surface area (Å²) in [4.78, 5) is 15.1. The number of likely N-dealkylation sites (N-methyl/N-ethyl adjacent to an activating group) is 1. The van der Waals surface area contributed by atoms with E-state index in [4.69, 9.17) is 9.47 Å². The predicted octanol–water partition coefficient (Wildman–Crippen LogP) is 4.35. The second-order valence-corrected chi connectivity index (χ2v) is 6.69. The molecule has 0 radical (unpaired) electrons. The molecule has 2 unspecified atom stereocenters. The molecule has 0 aliphatic heterocycles. The van der Waals surface area contributed by atoms with Crippen LogP contribution in [0.4, 0.5) is 0 Å². The summed E-state index contributed by atoms with van der Waals surface area (Å²) in [6.45, 7) is 9.83. The lowest BCUT2D eigenvalue weighted by Crippen LogP contribution is -2.39. The van der Waals surface area contributed by atoms with Crippen LogP contribution in [0, 0.1) is 0 Å². The van der Waals surface area contributed by atoms with Gasteiger partial charge in [0.1, 0.15) is 6.04 Å². The first kappa shape index (κ1) is 21.8. The lowest BCUT2D eigenvalue weighted by atomic mass is 10.0. The Bertz CT molecular complexity index is 749. The molecular formula is C23H32N2O3. The van der Waals surface area contributed by atoms with E-state index in [1.165, 1.54) is 0 Å². The van der Waals surface area contributed by atoms with Crippen molar-refractivity contribution in [2.24, 2.45) is 0 Å². The van der Waals surface area contributed by atoms with E-state index in [0.29, 0.717) is 19.0 Å². The zero-order chi connectivity index (χ0) is 20.5. The summed E-state index contributed by atoms with van der Waals surface area (Å²) in [5, 5.41) is 3.15. The average molecular weight is 385 g/mol. The zero-order valence-corrected chi connectivity index (χ0v) is 17.6. The van der Waals surface area contributed by atoms with Gasteiger partial charge in [-0.1, -0.05) is 43.3 Å². The third-order valence-corrected chi connectivity index (χ3v) is 4.73. The fourth-order valence-corrected chi connectivity index (χ4v) is 3.14. The summed E-state index contributed by atoms with van der Waals surface area (Å²) in [7, 11) is 1.96. The maximum Gasteiger partial charge on any atom is 0.242 e. The van der Waals surface area contributed by atoms with Crippen molar-refractivity contribution in [3.63, 3.8) is 0 Å². The SMILES string of the molecule is CCOc1ccc(C(C)NC(=O)C(c2ccccc2)N(C)CC)cc1OCC. The first-order chi connectivity index (χ1) is 13.5. The molecule has 152 valence electrons. The Hall–Kier alpha value is -2.53. The van der Waals surface area contributed by atoms with Crippen LogP contribution in [0.2, 0.25) is 0 Å². The van der Waals surface area contributed by atoms with Crippen LogP contribution >= 0.6 is 0 Å². The molecule has 0 aliphatic rings. The number of nitrogens with one attached hydrogen (secondary N) is 1. The Kier molecular flexibility index (Phi) is 8.33. The van der Waals surface area contributed by atoms with Crippen LogP contribution in [0.3, 0.4) is 0 Å². The second kappa shape index (κ2) is 10.7. The van der Waals surface area contributed by atoms with Gasteiger partial charge in [0, 0.05) is 0 Å². The highest BCUT2D eigenvalue weighted by atomic mass is 16.5. The number of ether oxygens (including phenoxy) is 2. The number of nitrogens with zero attached hydrogens (tertiary/aromatic N) is 1. The zero-order valence-electron chi connectivity index (χ0n) is 17.6. The Balaban J connectivity index is 2.20. The van der Waals surface area contributed by atoms with Gasteiger partial charge < -0.3 is 14.8 Å². The van der Waals surface area contributed by atoms with Gasteiger partial charge in [-0.25, -0.2) is 0 Å². The molecule has 1 amide bonds. The van der Waals surface area contributed by atoms with Crippen molar-refractivity contribution in [3.05, 3.63) is 59.7 Å². The van der Waals surface area contributed by atoms with E-state index in [-0.39, 0.29) is 18.0 Å². The highest BCUT2D eigenvalue weighted by molar-refractivity contribution is 5.83. The molecule has 28 heavy (non-hydrogen) atoms. The molecule has 0 spiro atoms. The Morgan fingerprint density at radius 2 is 1.61 bits per heavy atom. The van der Waals surface area contributed by atoms with E-state index in [1.54, 1.807) is 0 Å². The standard InChI is InChI=1S/C23H32N2O3/c1-6-25(5)22(18-12-10-9-11-13-18)23(26)24-17(4)19-14-15-20(27-7-2)21(16-19)28-8-3/h9-17,22H,6-8H2,1-5H3,(H,24,26). The quantitative estimate of drug-likeness (QED) is 0.661. The van der Waals surface area contributed by atoms with E-state index in [2.05, 4.69) is 5.32 Å². The fraction of sp³-hybridized carbons (Fsp3) is 0.435. The van der Waals surface area contributed by atoms with Crippen molar-refractivity contribution in [2.75, 3.05) is 26.8 Å². The summed E-state index contributed by atoms with van der Waals surface area (Å²) in [5.41, 5.74) is 1.96. The maximum atomic E-state index is 13.1. The van der Waals surface area contributed by atoms with Crippen molar-refractivity contribution in [3.8, 4) is 11.5 Å². The van der Waals surface area contributed by atoms with Gasteiger partial charge >= 0.3 is 0 Å². The number of rotatable bonds is 10. The average Bonchev–Trinajstić information content (AvgIpc) is 2.70. The van der Waals surface area contributed by atoms with E-state index >= 15 is 0 Å². The van der Waals surface area contributed by atoms with Gasteiger partial charge in [0.15, 0.2) is 11.5 Å². The van der Waals surface area contributed by atoms with Crippen LogP contribution < -0.4 is 14.8 Å². The number of carbonyl (C=O) groups is 1. The third kappa shape index (κ3) is 5.49. The van der Waals surface area contributed by atoms with Crippen LogP contribution in [0.25, 0.3) is 0 Å². The predicted molar refractivity (Wildman–Crippen MR) is 113 cm³/mol. The maximum absolute atomic E-state index is 13.1. The third-order valence-electron chi connectivity index (χ3n) is 4.73. The Labute approximate surface area is 168 Å². The summed E-state index contributed by atoms with van der Waals surface area (Å²) in [5.74, 6) is 1.41. The summed E-state index contributed by atoms with van der Waals surface area (Å²) in [6.07, 6.45) is 0. The van der Waals surface area contributed by atoms with Gasteiger partial charge in [-0.2, -0.15) is 0 Å². The lowest BCUT2D eigenvalue weighted by molar-refractivity contribution is -0.126. The molecule has 5 heteroatoms. The molecular weight excluding hydrogens is 352 g/mol. The molecule has 0 aliphatic carbocycles. The number of hydrogen-bond acceptors (Lipinski definition) is 4. The summed E-state index contributed by atoms with van der Waals surface area (Å²) >= 11 is 0. The molecule has 2 aromatic carbocycles. The molecule has 0 saturated carbocycles. The smallest absolute Gasteiger partial charge is 0.242 e. The molecule has 0 aromatic heterocycles. The first-order valence-electron chi connectivity index (χ1n) is 9.96. The van der Waals surface area contributed by atoms with Gasteiger partial charge in [-0.15, -0.1) is 0 Å². The molecule has 0 bridgehead atoms.